The molecule has 0 bridgehead atoms. The summed E-state index contributed by atoms with van der Waals surface area (Å²) in [6.07, 6.45) is 0. The molecule has 1 N–H and O–H groups in total. The molecule has 1 rings (SSSR count). The first-order valence-corrected chi connectivity index (χ1v) is 4.67. The molecule has 1 aromatic carbocycles. The van der Waals surface area contributed by atoms with Gasteiger partial charge in [-0.25, -0.2) is 8.78 Å². The van der Waals surface area contributed by atoms with Crippen molar-refractivity contribution in [2.24, 2.45) is 0 Å². The molecule has 1 atom stereocenters. The Hall–Kier alpha value is -0.480. The molecule has 0 aliphatic heterocycles. The van der Waals surface area contributed by atoms with E-state index in [1.165, 1.54) is 12.1 Å². The Labute approximate surface area is 84.3 Å². The molecule has 0 fully saturated rings. The van der Waals surface area contributed by atoms with Crippen molar-refractivity contribution in [3.05, 3.63) is 33.8 Å². The molecule has 0 radical (unpaired) electrons. The van der Waals surface area contributed by atoms with Crippen molar-refractivity contribution < 1.29 is 8.78 Å². The van der Waals surface area contributed by atoms with E-state index in [0.29, 0.717) is 4.47 Å². The van der Waals surface area contributed by atoms with Gasteiger partial charge in [0.1, 0.15) is 11.6 Å². The monoisotopic (exact) mass is 249 g/mol. The van der Waals surface area contributed by atoms with Crippen LogP contribution in [0.2, 0.25) is 0 Å². The van der Waals surface area contributed by atoms with Crippen LogP contribution in [-0.4, -0.2) is 7.05 Å². The second kappa shape index (κ2) is 4.15. The summed E-state index contributed by atoms with van der Waals surface area (Å²) >= 11 is 3.02. The summed E-state index contributed by atoms with van der Waals surface area (Å²) in [5.74, 6) is -1.07. The van der Waals surface area contributed by atoms with Crippen molar-refractivity contribution in [3.63, 3.8) is 0 Å². The predicted octanol–water partition coefficient (Wildman–Crippen LogP) is 3.01. The first-order chi connectivity index (χ1) is 6.06. The van der Waals surface area contributed by atoms with Crippen LogP contribution in [0.4, 0.5) is 8.78 Å². The van der Waals surface area contributed by atoms with Crippen LogP contribution in [0, 0.1) is 11.6 Å². The second-order valence-electron chi connectivity index (χ2n) is 2.79. The molecule has 1 aromatic rings. The summed E-state index contributed by atoms with van der Waals surface area (Å²) in [6.45, 7) is 1.70. The van der Waals surface area contributed by atoms with Crippen molar-refractivity contribution in [2.45, 2.75) is 13.0 Å². The van der Waals surface area contributed by atoms with Crippen LogP contribution < -0.4 is 5.32 Å². The fourth-order valence-corrected chi connectivity index (χ4v) is 1.51. The quantitative estimate of drug-likeness (QED) is 0.850. The molecular formula is C9H10BrF2N. The van der Waals surface area contributed by atoms with E-state index >= 15 is 0 Å². The zero-order chi connectivity index (χ0) is 10.0. The zero-order valence-corrected chi connectivity index (χ0v) is 8.95. The third-order valence-corrected chi connectivity index (χ3v) is 2.37. The van der Waals surface area contributed by atoms with Crippen LogP contribution in [0.3, 0.4) is 0 Å². The highest BCUT2D eigenvalue weighted by atomic mass is 79.9. The van der Waals surface area contributed by atoms with E-state index in [-0.39, 0.29) is 11.6 Å². The maximum Gasteiger partial charge on any atom is 0.132 e. The topological polar surface area (TPSA) is 12.0 Å². The number of hydrogen-bond acceptors (Lipinski definition) is 1. The molecule has 0 aliphatic rings. The summed E-state index contributed by atoms with van der Waals surface area (Å²) in [4.78, 5) is 0. The average Bonchev–Trinajstić information content (AvgIpc) is 2.02. The Bertz CT molecular complexity index is 291. The van der Waals surface area contributed by atoms with Crippen LogP contribution in [0.5, 0.6) is 0 Å². The standard InChI is InChI=1S/C9H10BrF2N/c1-5(13-2)9-7(11)3-6(10)4-8(9)12/h3-5,13H,1-2H3/t5-/m1/s1. The minimum atomic E-state index is -0.534. The van der Waals surface area contributed by atoms with Crippen molar-refractivity contribution in [1.29, 1.82) is 0 Å². The molecule has 4 heteroatoms. The number of halogens is 3. The van der Waals surface area contributed by atoms with Gasteiger partial charge >= 0.3 is 0 Å². The van der Waals surface area contributed by atoms with Gasteiger partial charge in [0, 0.05) is 16.1 Å². The molecule has 0 saturated heterocycles. The Morgan fingerprint density at radius 3 is 2.15 bits per heavy atom. The lowest BCUT2D eigenvalue weighted by Crippen LogP contribution is -2.15. The predicted molar refractivity (Wildman–Crippen MR) is 51.5 cm³/mol. The summed E-state index contributed by atoms with van der Waals surface area (Å²) in [7, 11) is 1.66. The molecule has 0 spiro atoms. The minimum absolute atomic E-state index is 0.0747. The Morgan fingerprint density at radius 1 is 1.31 bits per heavy atom. The van der Waals surface area contributed by atoms with Gasteiger partial charge in [0.2, 0.25) is 0 Å². The number of benzene rings is 1. The Morgan fingerprint density at radius 2 is 1.77 bits per heavy atom. The lowest BCUT2D eigenvalue weighted by molar-refractivity contribution is 0.509. The molecule has 0 heterocycles. The molecule has 0 saturated carbocycles. The highest BCUT2D eigenvalue weighted by Gasteiger charge is 2.15. The van der Waals surface area contributed by atoms with E-state index in [0.717, 1.165) is 0 Å². The number of hydrogen-bond donors (Lipinski definition) is 1. The third kappa shape index (κ3) is 2.25. The highest BCUT2D eigenvalue weighted by Crippen LogP contribution is 2.24. The van der Waals surface area contributed by atoms with Crippen molar-refractivity contribution in [1.82, 2.24) is 5.32 Å². The SMILES string of the molecule is CN[C@H](C)c1c(F)cc(Br)cc1F. The maximum atomic E-state index is 13.2. The molecule has 0 amide bonds. The fourth-order valence-electron chi connectivity index (χ4n) is 1.11. The van der Waals surface area contributed by atoms with Gasteiger partial charge in [-0.3, -0.25) is 0 Å². The van der Waals surface area contributed by atoms with Crippen molar-refractivity contribution in [2.75, 3.05) is 7.05 Å². The van der Waals surface area contributed by atoms with Gasteiger partial charge in [0.05, 0.1) is 0 Å². The van der Waals surface area contributed by atoms with Crippen LogP contribution in [0.1, 0.15) is 18.5 Å². The fraction of sp³-hybridized carbons (Fsp3) is 0.333. The van der Waals surface area contributed by atoms with E-state index in [1.807, 2.05) is 0 Å². The van der Waals surface area contributed by atoms with E-state index in [9.17, 15) is 8.78 Å². The molecule has 0 unspecified atom stereocenters. The third-order valence-electron chi connectivity index (χ3n) is 1.91. The summed E-state index contributed by atoms with van der Waals surface area (Å²) in [5.41, 5.74) is 0.0747. The number of rotatable bonds is 2. The Balaban J connectivity index is 3.20. The lowest BCUT2D eigenvalue weighted by atomic mass is 10.1. The normalized spacial score (nSPS) is 13.0. The average molecular weight is 250 g/mol. The number of nitrogens with one attached hydrogen (secondary N) is 1. The van der Waals surface area contributed by atoms with Crippen molar-refractivity contribution in [3.8, 4) is 0 Å². The smallest absolute Gasteiger partial charge is 0.132 e. The van der Waals surface area contributed by atoms with E-state index in [1.54, 1.807) is 14.0 Å². The molecule has 72 valence electrons. The molecular weight excluding hydrogens is 240 g/mol. The lowest BCUT2D eigenvalue weighted by Gasteiger charge is -2.12. The van der Waals surface area contributed by atoms with Gasteiger partial charge in [-0.2, -0.15) is 0 Å². The summed E-state index contributed by atoms with van der Waals surface area (Å²) < 4.78 is 26.9. The van der Waals surface area contributed by atoms with Gasteiger partial charge in [0.15, 0.2) is 0 Å². The van der Waals surface area contributed by atoms with Crippen LogP contribution in [0.25, 0.3) is 0 Å². The van der Waals surface area contributed by atoms with Gasteiger partial charge in [-0.1, -0.05) is 15.9 Å². The summed E-state index contributed by atoms with van der Waals surface area (Å²) in [6, 6.07) is 2.19. The van der Waals surface area contributed by atoms with Gasteiger partial charge in [-0.15, -0.1) is 0 Å². The van der Waals surface area contributed by atoms with Crippen LogP contribution in [0.15, 0.2) is 16.6 Å². The second-order valence-corrected chi connectivity index (χ2v) is 3.71. The van der Waals surface area contributed by atoms with Crippen LogP contribution >= 0.6 is 15.9 Å². The van der Waals surface area contributed by atoms with Gasteiger partial charge < -0.3 is 5.32 Å². The Kier molecular flexibility index (Phi) is 3.39. The molecule has 0 aliphatic carbocycles. The van der Waals surface area contributed by atoms with E-state index < -0.39 is 11.6 Å². The first-order valence-electron chi connectivity index (χ1n) is 3.88. The summed E-state index contributed by atoms with van der Waals surface area (Å²) in [5, 5.41) is 2.79. The van der Waals surface area contributed by atoms with Crippen molar-refractivity contribution >= 4 is 15.9 Å². The first kappa shape index (κ1) is 10.6. The van der Waals surface area contributed by atoms with E-state index in [4.69, 9.17) is 0 Å². The van der Waals surface area contributed by atoms with Crippen LogP contribution in [-0.2, 0) is 0 Å². The largest absolute Gasteiger partial charge is 0.313 e. The molecule has 0 aromatic heterocycles. The maximum absolute atomic E-state index is 13.2. The van der Waals surface area contributed by atoms with E-state index in [2.05, 4.69) is 21.2 Å². The van der Waals surface area contributed by atoms with Gasteiger partial charge in [-0.05, 0) is 26.1 Å². The highest BCUT2D eigenvalue weighted by molar-refractivity contribution is 9.10. The molecule has 13 heavy (non-hydrogen) atoms. The van der Waals surface area contributed by atoms with Gasteiger partial charge in [0.25, 0.3) is 0 Å². The zero-order valence-electron chi connectivity index (χ0n) is 7.37. The molecule has 1 nitrogen and oxygen atoms in total. The minimum Gasteiger partial charge on any atom is -0.313 e.